The van der Waals surface area contributed by atoms with E-state index in [0.717, 1.165) is 0 Å². The normalized spacial score (nSPS) is 10.6. The predicted octanol–water partition coefficient (Wildman–Crippen LogP) is 4.18. The number of benzene rings is 1. The number of aromatic nitrogens is 1. The van der Waals surface area contributed by atoms with Crippen molar-refractivity contribution in [3.8, 4) is 10.8 Å². The molecule has 0 saturated heterocycles. The van der Waals surface area contributed by atoms with Crippen LogP contribution in [0.2, 0.25) is 0 Å². The van der Waals surface area contributed by atoms with E-state index in [9.17, 15) is 9.59 Å². The van der Waals surface area contributed by atoms with E-state index >= 15 is 0 Å². The number of carbonyl (C=O) groups is 2. The van der Waals surface area contributed by atoms with Crippen molar-refractivity contribution in [1.82, 2.24) is 10.3 Å². The van der Waals surface area contributed by atoms with Gasteiger partial charge in [0.2, 0.25) is 0 Å². The molecule has 2 amide bonds. The maximum atomic E-state index is 12.6. The first kappa shape index (κ1) is 17.7. The monoisotopic (exact) mass is 393 g/mol. The largest absolute Gasteiger partial charge is 0.467 e. The zero-order valence-corrected chi connectivity index (χ0v) is 15.4. The Morgan fingerprint density at radius 1 is 0.964 bits per heavy atom. The van der Waals surface area contributed by atoms with Crippen LogP contribution < -0.4 is 10.6 Å². The van der Waals surface area contributed by atoms with E-state index in [1.54, 1.807) is 66.4 Å². The van der Waals surface area contributed by atoms with Crippen LogP contribution in [0.25, 0.3) is 10.8 Å². The summed E-state index contributed by atoms with van der Waals surface area (Å²) < 4.78 is 10.5. The molecule has 3 aromatic heterocycles. The molecule has 0 fully saturated rings. The first-order chi connectivity index (χ1) is 13.7. The quantitative estimate of drug-likeness (QED) is 0.512. The molecule has 7 nitrogen and oxygen atoms in total. The van der Waals surface area contributed by atoms with E-state index in [1.807, 2.05) is 0 Å². The Morgan fingerprint density at radius 3 is 2.57 bits per heavy atom. The van der Waals surface area contributed by atoms with E-state index in [1.165, 1.54) is 11.3 Å². The summed E-state index contributed by atoms with van der Waals surface area (Å²) in [5.41, 5.74) is 1.00. The third-order valence-electron chi connectivity index (χ3n) is 3.89. The van der Waals surface area contributed by atoms with Gasteiger partial charge in [0.15, 0.2) is 10.8 Å². The Morgan fingerprint density at radius 2 is 1.79 bits per heavy atom. The van der Waals surface area contributed by atoms with Crippen molar-refractivity contribution in [2.24, 2.45) is 0 Å². The minimum Gasteiger partial charge on any atom is -0.467 e. The number of carbonyl (C=O) groups excluding carboxylic acids is 2. The van der Waals surface area contributed by atoms with Crippen LogP contribution in [-0.2, 0) is 6.54 Å². The fraction of sp³-hybridized carbons (Fsp3) is 0.0500. The highest BCUT2D eigenvalue weighted by Crippen LogP contribution is 2.24. The molecular weight excluding hydrogens is 378 g/mol. The minimum absolute atomic E-state index is 0.252. The molecule has 0 saturated carbocycles. The average Bonchev–Trinajstić information content (AvgIpc) is 3.48. The van der Waals surface area contributed by atoms with E-state index in [0.29, 0.717) is 27.8 Å². The number of rotatable bonds is 6. The van der Waals surface area contributed by atoms with E-state index < -0.39 is 5.91 Å². The second kappa shape index (κ2) is 7.93. The maximum Gasteiger partial charge on any atom is 0.275 e. The Bertz CT molecular complexity index is 1080. The Balaban J connectivity index is 1.47. The molecule has 28 heavy (non-hydrogen) atoms. The van der Waals surface area contributed by atoms with E-state index in [-0.39, 0.29) is 18.1 Å². The van der Waals surface area contributed by atoms with E-state index in [2.05, 4.69) is 15.6 Å². The molecule has 0 unspecified atom stereocenters. The van der Waals surface area contributed by atoms with Crippen LogP contribution in [0.4, 0.5) is 5.69 Å². The topological polar surface area (TPSA) is 97.4 Å². The van der Waals surface area contributed by atoms with Crippen molar-refractivity contribution in [2.75, 3.05) is 5.32 Å². The van der Waals surface area contributed by atoms with E-state index in [4.69, 9.17) is 8.83 Å². The molecule has 4 rings (SSSR count). The molecular formula is C20H15N3O4S. The van der Waals surface area contributed by atoms with Crippen LogP contribution in [0.5, 0.6) is 0 Å². The van der Waals surface area contributed by atoms with Crippen molar-refractivity contribution in [3.05, 3.63) is 83.5 Å². The number of nitrogens with zero attached hydrogens (tertiary/aromatic N) is 1. The second-order valence-electron chi connectivity index (χ2n) is 5.78. The fourth-order valence-electron chi connectivity index (χ4n) is 2.54. The number of nitrogens with one attached hydrogen (secondary N) is 2. The third-order valence-corrected chi connectivity index (χ3v) is 4.75. The van der Waals surface area contributed by atoms with Gasteiger partial charge in [-0.05, 0) is 36.4 Å². The number of thiazole rings is 1. The lowest BCUT2D eigenvalue weighted by atomic mass is 10.1. The summed E-state index contributed by atoms with van der Waals surface area (Å²) in [5, 5.41) is 7.77. The lowest BCUT2D eigenvalue weighted by molar-refractivity contribution is 0.0949. The number of hydrogen-bond acceptors (Lipinski definition) is 6. The molecule has 3 heterocycles. The molecule has 1 aromatic carbocycles. The molecule has 0 aliphatic carbocycles. The van der Waals surface area contributed by atoms with Crippen LogP contribution in [-0.4, -0.2) is 16.8 Å². The zero-order chi connectivity index (χ0) is 19.3. The van der Waals surface area contributed by atoms with Crippen LogP contribution >= 0.6 is 11.3 Å². The van der Waals surface area contributed by atoms with Crippen LogP contribution in [0, 0.1) is 0 Å². The molecule has 0 aliphatic rings. The molecule has 140 valence electrons. The summed E-state index contributed by atoms with van der Waals surface area (Å²) in [7, 11) is 0. The number of amides is 2. The van der Waals surface area contributed by atoms with Crippen LogP contribution in [0.1, 0.15) is 26.6 Å². The van der Waals surface area contributed by atoms with Gasteiger partial charge in [0.1, 0.15) is 11.5 Å². The molecule has 0 radical (unpaired) electrons. The summed E-state index contributed by atoms with van der Waals surface area (Å²) in [5.74, 6) is 0.520. The molecule has 8 heteroatoms. The van der Waals surface area contributed by atoms with Crippen LogP contribution in [0.15, 0.2) is 75.3 Å². The van der Waals surface area contributed by atoms with Crippen molar-refractivity contribution in [1.29, 1.82) is 0 Å². The van der Waals surface area contributed by atoms with Gasteiger partial charge in [0.05, 0.1) is 30.3 Å². The number of para-hydroxylation sites is 1. The molecule has 4 aromatic rings. The maximum absolute atomic E-state index is 12.6. The van der Waals surface area contributed by atoms with Gasteiger partial charge in [0.25, 0.3) is 11.8 Å². The van der Waals surface area contributed by atoms with Crippen molar-refractivity contribution >= 4 is 28.8 Å². The minimum atomic E-state index is -0.402. The van der Waals surface area contributed by atoms with Gasteiger partial charge in [-0.3, -0.25) is 9.59 Å². The van der Waals surface area contributed by atoms with Crippen molar-refractivity contribution < 1.29 is 18.4 Å². The summed E-state index contributed by atoms with van der Waals surface area (Å²) in [6, 6.07) is 13.8. The average molecular weight is 393 g/mol. The Hall–Kier alpha value is -3.65. The number of hydrogen-bond donors (Lipinski definition) is 2. The predicted molar refractivity (Wildman–Crippen MR) is 104 cm³/mol. The molecule has 0 bridgehead atoms. The smallest absolute Gasteiger partial charge is 0.275 e. The summed E-state index contributed by atoms with van der Waals surface area (Å²) in [6.07, 6.45) is 3.09. The first-order valence-electron chi connectivity index (χ1n) is 8.41. The standard InChI is InChI=1S/C20H15N3O4S/c24-18(21-11-13-5-3-9-26-13)14-6-1-2-7-15(14)22-19(25)16-12-28-20(23-16)17-8-4-10-27-17/h1-10,12H,11H2,(H,21,24)(H,22,25). The van der Waals surface area contributed by atoms with Gasteiger partial charge in [-0.1, -0.05) is 12.1 Å². The van der Waals surface area contributed by atoms with Gasteiger partial charge in [0, 0.05) is 5.38 Å². The number of anilines is 1. The zero-order valence-electron chi connectivity index (χ0n) is 14.5. The molecule has 0 aliphatic heterocycles. The second-order valence-corrected chi connectivity index (χ2v) is 6.64. The highest BCUT2D eigenvalue weighted by molar-refractivity contribution is 7.13. The lowest BCUT2D eigenvalue weighted by Gasteiger charge is -2.10. The SMILES string of the molecule is O=C(Nc1ccccc1C(=O)NCc1ccco1)c1csc(-c2ccco2)n1. The van der Waals surface area contributed by atoms with Gasteiger partial charge >= 0.3 is 0 Å². The van der Waals surface area contributed by atoms with Gasteiger partial charge < -0.3 is 19.5 Å². The van der Waals surface area contributed by atoms with Gasteiger partial charge in [-0.15, -0.1) is 11.3 Å². The Labute approximate surface area is 164 Å². The molecule has 0 atom stereocenters. The van der Waals surface area contributed by atoms with Crippen molar-refractivity contribution in [3.63, 3.8) is 0 Å². The highest BCUT2D eigenvalue weighted by Gasteiger charge is 2.17. The summed E-state index contributed by atoms with van der Waals surface area (Å²) in [4.78, 5) is 29.4. The fourth-order valence-corrected chi connectivity index (χ4v) is 3.31. The Kier molecular flexibility index (Phi) is 5.03. The summed E-state index contributed by atoms with van der Waals surface area (Å²) in [6.45, 7) is 0.257. The van der Waals surface area contributed by atoms with Gasteiger partial charge in [-0.25, -0.2) is 4.98 Å². The van der Waals surface area contributed by atoms with Gasteiger partial charge in [-0.2, -0.15) is 0 Å². The van der Waals surface area contributed by atoms with Crippen LogP contribution in [0.3, 0.4) is 0 Å². The number of furan rings is 2. The summed E-state index contributed by atoms with van der Waals surface area (Å²) >= 11 is 1.31. The lowest BCUT2D eigenvalue weighted by Crippen LogP contribution is -2.24. The highest BCUT2D eigenvalue weighted by atomic mass is 32.1. The first-order valence-corrected chi connectivity index (χ1v) is 9.29. The molecule has 2 N–H and O–H groups in total. The van der Waals surface area contributed by atoms with Crippen molar-refractivity contribution in [2.45, 2.75) is 6.54 Å². The molecule has 0 spiro atoms. The third kappa shape index (κ3) is 3.86.